The first-order valence-electron chi connectivity index (χ1n) is 7.65. The molecule has 6 heteroatoms. The first-order valence-corrected chi connectivity index (χ1v) is 7.65. The molecule has 0 unspecified atom stereocenters. The minimum absolute atomic E-state index is 0.0855. The number of nitrogens with one attached hydrogen (secondary N) is 1. The average molecular weight is 302 g/mol. The standard InChI is InChI=1S/C15H30N2O4/c1-14(2,3)21-13(19)17-9-6-15(12-18,7-10-17)16-8-5-11-20-4/h16,18H,5-12H2,1-4H3. The zero-order valence-corrected chi connectivity index (χ0v) is 13.8. The number of piperidine rings is 1. The number of carbonyl (C=O) groups excluding carboxylic acids is 1. The summed E-state index contributed by atoms with van der Waals surface area (Å²) in [6.07, 6.45) is 2.10. The smallest absolute Gasteiger partial charge is 0.410 e. The first-order chi connectivity index (χ1) is 9.82. The highest BCUT2D eigenvalue weighted by molar-refractivity contribution is 5.68. The zero-order valence-electron chi connectivity index (χ0n) is 13.8. The van der Waals surface area contributed by atoms with E-state index in [-0.39, 0.29) is 18.2 Å². The molecule has 0 aromatic heterocycles. The van der Waals surface area contributed by atoms with E-state index in [0.29, 0.717) is 19.7 Å². The molecular formula is C15H30N2O4. The van der Waals surface area contributed by atoms with Crippen LogP contribution in [0.3, 0.4) is 0 Å². The molecule has 0 spiro atoms. The Morgan fingerprint density at radius 1 is 1.33 bits per heavy atom. The fourth-order valence-electron chi connectivity index (χ4n) is 2.40. The maximum atomic E-state index is 12.0. The van der Waals surface area contributed by atoms with E-state index in [0.717, 1.165) is 25.8 Å². The molecule has 0 bridgehead atoms. The highest BCUT2D eigenvalue weighted by Crippen LogP contribution is 2.23. The SMILES string of the molecule is COCCCNC1(CO)CCN(C(=O)OC(C)(C)C)CC1. The number of rotatable bonds is 6. The minimum Gasteiger partial charge on any atom is -0.444 e. The molecule has 1 heterocycles. The lowest BCUT2D eigenvalue weighted by atomic mass is 9.88. The molecule has 0 radical (unpaired) electrons. The molecule has 0 atom stereocenters. The average Bonchev–Trinajstić information content (AvgIpc) is 2.42. The topological polar surface area (TPSA) is 71.0 Å². The molecule has 1 amide bonds. The van der Waals surface area contributed by atoms with Crippen LogP contribution in [0.1, 0.15) is 40.0 Å². The van der Waals surface area contributed by atoms with Gasteiger partial charge in [0.25, 0.3) is 0 Å². The largest absolute Gasteiger partial charge is 0.444 e. The van der Waals surface area contributed by atoms with E-state index in [1.807, 2.05) is 20.8 Å². The van der Waals surface area contributed by atoms with Crippen LogP contribution in [-0.2, 0) is 9.47 Å². The number of aliphatic hydroxyl groups excluding tert-OH is 1. The van der Waals surface area contributed by atoms with E-state index in [9.17, 15) is 9.90 Å². The van der Waals surface area contributed by atoms with Crippen molar-refractivity contribution >= 4 is 6.09 Å². The summed E-state index contributed by atoms with van der Waals surface area (Å²) >= 11 is 0. The van der Waals surface area contributed by atoms with Gasteiger partial charge in [-0.2, -0.15) is 0 Å². The maximum Gasteiger partial charge on any atom is 0.410 e. The lowest BCUT2D eigenvalue weighted by molar-refractivity contribution is 0.00910. The summed E-state index contributed by atoms with van der Waals surface area (Å²) < 4.78 is 10.4. The second kappa shape index (κ2) is 7.96. The van der Waals surface area contributed by atoms with Gasteiger partial charge in [-0.05, 0) is 46.6 Å². The van der Waals surface area contributed by atoms with Crippen molar-refractivity contribution in [1.82, 2.24) is 10.2 Å². The monoisotopic (exact) mass is 302 g/mol. The van der Waals surface area contributed by atoms with E-state index < -0.39 is 5.60 Å². The lowest BCUT2D eigenvalue weighted by Gasteiger charge is -2.41. The quantitative estimate of drug-likeness (QED) is 0.725. The van der Waals surface area contributed by atoms with E-state index in [2.05, 4.69) is 5.32 Å². The summed E-state index contributed by atoms with van der Waals surface area (Å²) in [7, 11) is 1.68. The number of amides is 1. The van der Waals surface area contributed by atoms with Gasteiger partial charge in [0.1, 0.15) is 5.60 Å². The van der Waals surface area contributed by atoms with Crippen molar-refractivity contribution < 1.29 is 19.4 Å². The van der Waals surface area contributed by atoms with Crippen LogP contribution in [0.4, 0.5) is 4.79 Å². The Balaban J connectivity index is 2.42. The van der Waals surface area contributed by atoms with Crippen LogP contribution in [0, 0.1) is 0 Å². The van der Waals surface area contributed by atoms with E-state index in [1.54, 1.807) is 12.0 Å². The third-order valence-corrected chi connectivity index (χ3v) is 3.70. The summed E-state index contributed by atoms with van der Waals surface area (Å²) in [4.78, 5) is 13.7. The van der Waals surface area contributed by atoms with Gasteiger partial charge >= 0.3 is 6.09 Å². The molecule has 1 aliphatic heterocycles. The van der Waals surface area contributed by atoms with Gasteiger partial charge in [0, 0.05) is 32.3 Å². The molecule has 1 fully saturated rings. The van der Waals surface area contributed by atoms with Crippen LogP contribution in [0.5, 0.6) is 0 Å². The van der Waals surface area contributed by atoms with Gasteiger partial charge in [0.2, 0.25) is 0 Å². The number of carbonyl (C=O) groups is 1. The number of nitrogens with zero attached hydrogens (tertiary/aromatic N) is 1. The van der Waals surface area contributed by atoms with Gasteiger partial charge in [0.15, 0.2) is 0 Å². The van der Waals surface area contributed by atoms with E-state index in [4.69, 9.17) is 9.47 Å². The van der Waals surface area contributed by atoms with Crippen molar-refractivity contribution in [2.45, 2.75) is 51.2 Å². The maximum absolute atomic E-state index is 12.0. The van der Waals surface area contributed by atoms with Crippen LogP contribution >= 0.6 is 0 Å². The summed E-state index contributed by atoms with van der Waals surface area (Å²) in [6, 6.07) is 0. The summed E-state index contributed by atoms with van der Waals surface area (Å²) in [5.74, 6) is 0. The molecule has 6 nitrogen and oxygen atoms in total. The van der Waals surface area contributed by atoms with Crippen LogP contribution in [0.25, 0.3) is 0 Å². The summed E-state index contributed by atoms with van der Waals surface area (Å²) in [5.41, 5.74) is -0.757. The predicted octanol–water partition coefficient (Wildman–Crippen LogP) is 1.37. The molecule has 1 saturated heterocycles. The molecule has 0 aliphatic carbocycles. The molecule has 0 saturated carbocycles. The normalized spacial score (nSPS) is 18.6. The lowest BCUT2D eigenvalue weighted by Crippen LogP contribution is -2.57. The molecule has 1 aliphatic rings. The van der Waals surface area contributed by atoms with Crippen molar-refractivity contribution in [3.8, 4) is 0 Å². The third-order valence-electron chi connectivity index (χ3n) is 3.70. The van der Waals surface area contributed by atoms with E-state index >= 15 is 0 Å². The summed E-state index contributed by atoms with van der Waals surface area (Å²) in [5, 5.41) is 13.1. The van der Waals surface area contributed by atoms with Crippen LogP contribution in [0.15, 0.2) is 0 Å². The first kappa shape index (κ1) is 18.2. The molecule has 0 aromatic rings. The second-order valence-corrected chi connectivity index (χ2v) is 6.68. The predicted molar refractivity (Wildman–Crippen MR) is 81.4 cm³/mol. The number of hydrogen-bond acceptors (Lipinski definition) is 5. The van der Waals surface area contributed by atoms with Gasteiger partial charge in [-0.3, -0.25) is 0 Å². The Bertz CT molecular complexity index is 320. The molecule has 124 valence electrons. The van der Waals surface area contributed by atoms with Crippen molar-refractivity contribution in [2.75, 3.05) is 40.0 Å². The zero-order chi connectivity index (χ0) is 15.9. The number of likely N-dealkylation sites (tertiary alicyclic amines) is 1. The fraction of sp³-hybridized carbons (Fsp3) is 0.933. The van der Waals surface area contributed by atoms with Crippen molar-refractivity contribution in [1.29, 1.82) is 0 Å². The Morgan fingerprint density at radius 2 is 1.95 bits per heavy atom. The Kier molecular flexibility index (Phi) is 6.90. The third kappa shape index (κ3) is 6.20. The second-order valence-electron chi connectivity index (χ2n) is 6.68. The van der Waals surface area contributed by atoms with Crippen molar-refractivity contribution in [3.05, 3.63) is 0 Å². The molecule has 0 aromatic carbocycles. The van der Waals surface area contributed by atoms with Gasteiger partial charge in [0.05, 0.1) is 6.61 Å². The van der Waals surface area contributed by atoms with Gasteiger partial charge in [-0.15, -0.1) is 0 Å². The highest BCUT2D eigenvalue weighted by atomic mass is 16.6. The van der Waals surface area contributed by atoms with Crippen LogP contribution in [0.2, 0.25) is 0 Å². The Hall–Kier alpha value is -0.850. The molecule has 2 N–H and O–H groups in total. The van der Waals surface area contributed by atoms with E-state index in [1.165, 1.54) is 0 Å². The number of aliphatic hydroxyl groups is 1. The van der Waals surface area contributed by atoms with Crippen LogP contribution in [-0.4, -0.2) is 67.2 Å². The minimum atomic E-state index is -0.471. The van der Waals surface area contributed by atoms with Gasteiger partial charge in [-0.25, -0.2) is 4.79 Å². The van der Waals surface area contributed by atoms with Crippen molar-refractivity contribution in [2.24, 2.45) is 0 Å². The highest BCUT2D eigenvalue weighted by Gasteiger charge is 2.36. The Morgan fingerprint density at radius 3 is 2.43 bits per heavy atom. The Labute approximate surface area is 127 Å². The summed E-state index contributed by atoms with van der Waals surface area (Å²) in [6.45, 7) is 8.40. The number of hydrogen-bond donors (Lipinski definition) is 2. The van der Waals surface area contributed by atoms with Crippen molar-refractivity contribution in [3.63, 3.8) is 0 Å². The van der Waals surface area contributed by atoms with Gasteiger partial charge < -0.3 is 24.8 Å². The molecular weight excluding hydrogens is 272 g/mol. The fourth-order valence-corrected chi connectivity index (χ4v) is 2.40. The van der Waals surface area contributed by atoms with Gasteiger partial charge in [-0.1, -0.05) is 0 Å². The number of methoxy groups -OCH3 is 1. The molecule has 21 heavy (non-hydrogen) atoms. The molecule has 1 rings (SSSR count). The van der Waals surface area contributed by atoms with Crippen LogP contribution < -0.4 is 5.32 Å². The number of ether oxygens (including phenoxy) is 2.